The lowest BCUT2D eigenvalue weighted by Crippen LogP contribution is -2.14. The molecular weight excluding hydrogens is 615 g/mol. The van der Waals surface area contributed by atoms with Gasteiger partial charge in [-0.15, -0.1) is 0 Å². The van der Waals surface area contributed by atoms with E-state index in [0.29, 0.717) is 17.5 Å². The van der Waals surface area contributed by atoms with E-state index in [1.54, 1.807) is 0 Å². The highest BCUT2D eigenvalue weighted by Gasteiger charge is 2.42. The van der Waals surface area contributed by atoms with Gasteiger partial charge in [-0.25, -0.2) is 15.0 Å². The fraction of sp³-hybridized carbons (Fsp3) is 0.0455. The largest absolute Gasteiger partial charge is 0.484 e. The molecule has 5 aromatic carbocycles. The van der Waals surface area contributed by atoms with Gasteiger partial charge in [-0.1, -0.05) is 103 Å². The molecule has 0 spiro atoms. The lowest BCUT2D eigenvalue weighted by molar-refractivity contribution is 0.224. The van der Waals surface area contributed by atoms with Crippen molar-refractivity contribution >= 4 is 17.0 Å². The highest BCUT2D eigenvalue weighted by molar-refractivity contribution is 5.93. The van der Waals surface area contributed by atoms with E-state index in [4.69, 9.17) is 19.7 Å². The van der Waals surface area contributed by atoms with Crippen LogP contribution in [-0.4, -0.2) is 24.5 Å². The predicted octanol–water partition coefficient (Wildman–Crippen LogP) is 10.1. The molecule has 6 nitrogen and oxygen atoms in total. The molecule has 2 aliphatic rings. The number of hydrogen-bond donors (Lipinski definition) is 0. The van der Waals surface area contributed by atoms with E-state index in [1.807, 2.05) is 73.1 Å². The molecule has 3 aromatic heterocycles. The van der Waals surface area contributed by atoms with Crippen LogP contribution in [0.25, 0.3) is 68.0 Å². The molecule has 2 atom stereocenters. The number of pyridine rings is 1. The second kappa shape index (κ2) is 11.5. The molecule has 1 aliphatic carbocycles. The molecule has 2 unspecified atom stereocenters. The number of nitrogens with zero attached hydrogens (tertiary/aromatic N) is 5. The number of ether oxygens (including phenoxy) is 1. The summed E-state index contributed by atoms with van der Waals surface area (Å²) in [6.07, 6.45) is 8.06. The summed E-state index contributed by atoms with van der Waals surface area (Å²) in [5.41, 5.74) is 10.6. The number of hydrogen-bond acceptors (Lipinski definition) is 5. The van der Waals surface area contributed by atoms with Crippen LogP contribution >= 0.6 is 0 Å². The van der Waals surface area contributed by atoms with Crippen molar-refractivity contribution in [2.45, 2.75) is 12.0 Å². The third-order valence-corrected chi connectivity index (χ3v) is 9.74. The maximum absolute atomic E-state index is 7.00. The lowest BCUT2D eigenvalue weighted by atomic mass is 9.81. The zero-order chi connectivity index (χ0) is 33.0. The summed E-state index contributed by atoms with van der Waals surface area (Å²) in [6.45, 7) is 0. The van der Waals surface area contributed by atoms with E-state index in [2.05, 4.69) is 101 Å². The molecule has 50 heavy (non-hydrogen) atoms. The van der Waals surface area contributed by atoms with Gasteiger partial charge in [-0.2, -0.15) is 0 Å². The minimum Gasteiger partial charge on any atom is -0.484 e. The predicted molar refractivity (Wildman–Crippen MR) is 198 cm³/mol. The van der Waals surface area contributed by atoms with Crippen LogP contribution in [0.5, 0.6) is 5.75 Å². The minimum absolute atomic E-state index is 0.0281. The van der Waals surface area contributed by atoms with Gasteiger partial charge in [-0.05, 0) is 54.1 Å². The average Bonchev–Trinajstić information content (AvgIpc) is 3.74. The molecule has 0 bridgehead atoms. The normalized spacial score (nSPS) is 15.7. The molecule has 236 valence electrons. The van der Waals surface area contributed by atoms with Crippen LogP contribution < -0.4 is 4.74 Å². The zero-order valence-electron chi connectivity index (χ0n) is 26.9. The monoisotopic (exact) mass is 643 g/mol. The molecule has 0 saturated carbocycles. The first-order chi connectivity index (χ1) is 24.8. The Bertz CT molecular complexity index is 2510. The minimum atomic E-state index is -0.200. The Morgan fingerprint density at radius 1 is 0.540 bits per heavy atom. The van der Waals surface area contributed by atoms with Crippen molar-refractivity contribution < 1.29 is 4.74 Å². The highest BCUT2D eigenvalue weighted by Crippen LogP contribution is 2.57. The van der Waals surface area contributed by atoms with Crippen LogP contribution in [0.4, 0.5) is 0 Å². The Kier molecular flexibility index (Phi) is 6.52. The van der Waals surface area contributed by atoms with Gasteiger partial charge < -0.3 is 9.30 Å². The molecule has 0 N–H and O–H groups in total. The quantitative estimate of drug-likeness (QED) is 0.187. The van der Waals surface area contributed by atoms with Crippen LogP contribution in [0, 0.1) is 0 Å². The first kappa shape index (κ1) is 28.4. The molecule has 6 heteroatoms. The Balaban J connectivity index is 1.20. The Labute approximate surface area is 289 Å². The van der Waals surface area contributed by atoms with Crippen LogP contribution in [0.3, 0.4) is 0 Å². The van der Waals surface area contributed by atoms with Crippen molar-refractivity contribution in [3.8, 4) is 56.7 Å². The number of para-hydroxylation sites is 2. The molecule has 10 rings (SSSR count). The second-order valence-corrected chi connectivity index (χ2v) is 12.6. The zero-order valence-corrected chi connectivity index (χ0v) is 26.9. The van der Waals surface area contributed by atoms with Gasteiger partial charge in [0.2, 0.25) is 0 Å². The fourth-order valence-electron chi connectivity index (χ4n) is 7.57. The number of aromatic nitrogens is 5. The molecular formula is C44H29N5O. The van der Waals surface area contributed by atoms with Crippen molar-refractivity contribution in [3.63, 3.8) is 0 Å². The summed E-state index contributed by atoms with van der Waals surface area (Å²) in [5, 5.41) is 1.20. The van der Waals surface area contributed by atoms with E-state index < -0.39 is 0 Å². The van der Waals surface area contributed by atoms with Gasteiger partial charge in [-0.3, -0.25) is 4.98 Å². The van der Waals surface area contributed by atoms with Gasteiger partial charge >= 0.3 is 0 Å². The molecule has 8 aromatic rings. The van der Waals surface area contributed by atoms with E-state index in [-0.39, 0.29) is 12.0 Å². The SMILES string of the molecule is C1=CC2c3c(ccc(-c4nc(-c5ccccc5)nc(-c5ccccc5)n4)c3-c3ccncc3)OC2c2c1n(-c1ccccc1)c1ccccc21. The third kappa shape index (κ3) is 4.49. The van der Waals surface area contributed by atoms with Crippen LogP contribution in [0.1, 0.15) is 28.8 Å². The van der Waals surface area contributed by atoms with Crippen molar-refractivity contribution in [2.24, 2.45) is 0 Å². The smallest absolute Gasteiger partial charge is 0.164 e. The van der Waals surface area contributed by atoms with Crippen LogP contribution in [-0.2, 0) is 0 Å². The van der Waals surface area contributed by atoms with E-state index in [0.717, 1.165) is 56.0 Å². The van der Waals surface area contributed by atoms with Gasteiger partial charge in [0.15, 0.2) is 17.5 Å². The standard InChI is InChI=1S/C44H29N5O/c1-4-12-29(13-5-1)42-46-43(30-14-6-2-7-15-30)48-44(47-42)34-21-23-37-40(38(34)28-24-26-45-27-25-28)33-20-22-36-39(41(33)50-37)32-18-10-11-19-35(32)49(36)31-16-8-3-9-17-31/h1-27,33,41H. The van der Waals surface area contributed by atoms with E-state index in [1.165, 1.54) is 10.9 Å². The Morgan fingerprint density at radius 2 is 1.16 bits per heavy atom. The van der Waals surface area contributed by atoms with Gasteiger partial charge in [0.1, 0.15) is 11.9 Å². The molecule has 0 amide bonds. The topological polar surface area (TPSA) is 65.7 Å². The van der Waals surface area contributed by atoms with E-state index >= 15 is 0 Å². The summed E-state index contributed by atoms with van der Waals surface area (Å²) in [4.78, 5) is 19.6. The van der Waals surface area contributed by atoms with Gasteiger partial charge in [0, 0.05) is 62.8 Å². The summed E-state index contributed by atoms with van der Waals surface area (Å²) in [6, 6.07) is 47.7. The second-order valence-electron chi connectivity index (χ2n) is 12.6. The maximum atomic E-state index is 7.00. The van der Waals surface area contributed by atoms with Gasteiger partial charge in [0.05, 0.1) is 11.2 Å². The lowest BCUT2D eigenvalue weighted by Gasteiger charge is -2.23. The van der Waals surface area contributed by atoms with Gasteiger partial charge in [0.25, 0.3) is 0 Å². The molecule has 1 aliphatic heterocycles. The number of rotatable bonds is 5. The number of fused-ring (bicyclic) bond motifs is 7. The van der Waals surface area contributed by atoms with Crippen molar-refractivity contribution in [3.05, 3.63) is 175 Å². The van der Waals surface area contributed by atoms with Crippen molar-refractivity contribution in [1.29, 1.82) is 0 Å². The summed E-state index contributed by atoms with van der Waals surface area (Å²) >= 11 is 0. The summed E-state index contributed by atoms with van der Waals surface area (Å²) < 4.78 is 9.35. The average molecular weight is 644 g/mol. The van der Waals surface area contributed by atoms with E-state index in [9.17, 15) is 0 Å². The highest BCUT2D eigenvalue weighted by atomic mass is 16.5. The molecule has 0 fully saturated rings. The first-order valence-electron chi connectivity index (χ1n) is 16.8. The van der Waals surface area contributed by atoms with Crippen molar-refractivity contribution in [1.82, 2.24) is 24.5 Å². The molecule has 0 saturated heterocycles. The first-order valence-corrected chi connectivity index (χ1v) is 16.8. The molecule has 4 heterocycles. The fourth-order valence-corrected chi connectivity index (χ4v) is 7.57. The van der Waals surface area contributed by atoms with Crippen LogP contribution in [0.2, 0.25) is 0 Å². The summed E-state index contributed by atoms with van der Waals surface area (Å²) in [7, 11) is 0. The summed E-state index contributed by atoms with van der Waals surface area (Å²) in [5.74, 6) is 2.70. The Hall–Kier alpha value is -6.66. The Morgan fingerprint density at radius 3 is 1.86 bits per heavy atom. The van der Waals surface area contributed by atoms with Crippen molar-refractivity contribution in [2.75, 3.05) is 0 Å². The number of benzene rings is 5. The third-order valence-electron chi connectivity index (χ3n) is 9.74. The molecule has 0 radical (unpaired) electrons. The van der Waals surface area contributed by atoms with Crippen LogP contribution in [0.15, 0.2) is 158 Å². The maximum Gasteiger partial charge on any atom is 0.164 e.